The summed E-state index contributed by atoms with van der Waals surface area (Å²) in [7, 11) is 0. The average Bonchev–Trinajstić information content (AvgIpc) is 3.15. The lowest BCUT2D eigenvalue weighted by molar-refractivity contribution is 0.615. The van der Waals surface area contributed by atoms with E-state index in [2.05, 4.69) is 4.98 Å². The molecule has 0 saturated carbocycles. The molecule has 2 heterocycles. The topological polar surface area (TPSA) is 50.9 Å². The maximum absolute atomic E-state index is 13.6. The molecule has 140 valence electrons. The van der Waals surface area contributed by atoms with E-state index in [0.29, 0.717) is 27.3 Å². The number of rotatable bonds is 3. The van der Waals surface area contributed by atoms with Crippen LogP contribution in [0.3, 0.4) is 0 Å². The molecule has 5 aromatic rings. The van der Waals surface area contributed by atoms with Crippen molar-refractivity contribution in [3.8, 4) is 28.1 Å². The molecule has 0 amide bonds. The number of nitrogens with one attached hydrogen (secondary N) is 1. The molecule has 0 aliphatic carbocycles. The number of H-pyrrole nitrogens is 1. The van der Waals surface area contributed by atoms with Crippen LogP contribution >= 0.6 is 12.2 Å². The molecule has 0 bridgehead atoms. The van der Waals surface area contributed by atoms with Crippen molar-refractivity contribution in [2.45, 2.75) is 0 Å². The Morgan fingerprint density at radius 1 is 0.759 bits per heavy atom. The van der Waals surface area contributed by atoms with Crippen LogP contribution in [0.4, 0.5) is 0 Å². The van der Waals surface area contributed by atoms with E-state index in [9.17, 15) is 4.79 Å². The number of aromatic nitrogens is 2. The highest BCUT2D eigenvalue weighted by molar-refractivity contribution is 7.71. The van der Waals surface area contributed by atoms with Crippen molar-refractivity contribution in [3.63, 3.8) is 0 Å². The molecule has 5 rings (SSSR count). The van der Waals surface area contributed by atoms with Gasteiger partial charge in [-0.1, -0.05) is 78.9 Å². The first-order chi connectivity index (χ1) is 14.2. The lowest BCUT2D eigenvalue weighted by Gasteiger charge is -2.07. The average molecular weight is 396 g/mol. The molecule has 5 heteroatoms. The molecule has 3 aromatic carbocycles. The maximum Gasteiger partial charge on any atom is 0.270 e. The fourth-order valence-electron chi connectivity index (χ4n) is 3.56. The van der Waals surface area contributed by atoms with Crippen LogP contribution in [0.5, 0.6) is 0 Å². The predicted octanol–water partition coefficient (Wildman–Crippen LogP) is 5.98. The highest BCUT2D eigenvalue weighted by atomic mass is 32.1. The number of aromatic amines is 1. The second-order valence-electron chi connectivity index (χ2n) is 6.65. The molecule has 0 aliphatic rings. The Kier molecular flexibility index (Phi) is 4.22. The Labute approximate surface area is 171 Å². The predicted molar refractivity (Wildman–Crippen MR) is 118 cm³/mol. The zero-order valence-electron chi connectivity index (χ0n) is 15.3. The van der Waals surface area contributed by atoms with Gasteiger partial charge in [0, 0.05) is 11.1 Å². The number of fused-ring (bicyclic) bond motifs is 1. The van der Waals surface area contributed by atoms with Crippen LogP contribution in [-0.4, -0.2) is 9.55 Å². The first-order valence-corrected chi connectivity index (χ1v) is 9.63. The number of furan rings is 1. The van der Waals surface area contributed by atoms with E-state index >= 15 is 0 Å². The highest BCUT2D eigenvalue weighted by Gasteiger charge is 2.22. The van der Waals surface area contributed by atoms with Crippen molar-refractivity contribution >= 4 is 23.3 Å². The largest absolute Gasteiger partial charge is 0.439 e. The first kappa shape index (κ1) is 17.4. The second kappa shape index (κ2) is 7.04. The molecule has 0 radical (unpaired) electrons. The molecule has 0 atom stereocenters. The van der Waals surface area contributed by atoms with Gasteiger partial charge >= 0.3 is 0 Å². The molecule has 29 heavy (non-hydrogen) atoms. The molecule has 0 aliphatic heterocycles. The van der Waals surface area contributed by atoms with Crippen LogP contribution in [0.2, 0.25) is 0 Å². The fourth-order valence-corrected chi connectivity index (χ4v) is 3.85. The summed E-state index contributed by atoms with van der Waals surface area (Å²) >= 11 is 5.48. The molecule has 0 fully saturated rings. The van der Waals surface area contributed by atoms with Gasteiger partial charge in [-0.05, 0) is 29.9 Å². The van der Waals surface area contributed by atoms with Gasteiger partial charge in [-0.25, -0.2) is 0 Å². The van der Waals surface area contributed by atoms with Gasteiger partial charge < -0.3 is 9.40 Å². The van der Waals surface area contributed by atoms with E-state index in [1.54, 1.807) is 0 Å². The minimum Gasteiger partial charge on any atom is -0.439 e. The first-order valence-electron chi connectivity index (χ1n) is 9.22. The van der Waals surface area contributed by atoms with E-state index in [1.165, 1.54) is 4.57 Å². The summed E-state index contributed by atoms with van der Waals surface area (Å²) in [5, 5.41) is 0.479. The monoisotopic (exact) mass is 396 g/mol. The third-order valence-corrected chi connectivity index (χ3v) is 5.15. The number of para-hydroxylation sites is 1. The van der Waals surface area contributed by atoms with Gasteiger partial charge in [0.15, 0.2) is 4.77 Å². The summed E-state index contributed by atoms with van der Waals surface area (Å²) in [6, 6.07) is 29.0. The smallest absolute Gasteiger partial charge is 0.270 e. The van der Waals surface area contributed by atoms with Gasteiger partial charge in [-0.3, -0.25) is 9.36 Å². The van der Waals surface area contributed by atoms with Crippen LogP contribution in [0.1, 0.15) is 0 Å². The standard InChI is InChI=1S/C24H16N2O2S/c27-23-20-19(16-10-4-1-5-11-16)21(17-12-6-2-7-13-17)28-22(20)25-24(29)26(23)18-14-8-3-9-15-18/h1-15H,(H,25,29). The zero-order valence-corrected chi connectivity index (χ0v) is 16.1. The minimum atomic E-state index is -0.209. The van der Waals surface area contributed by atoms with Crippen LogP contribution in [0.15, 0.2) is 100 Å². The van der Waals surface area contributed by atoms with Crippen molar-refractivity contribution in [2.75, 3.05) is 0 Å². The minimum absolute atomic E-state index is 0.209. The number of hydrogen-bond acceptors (Lipinski definition) is 3. The fraction of sp³-hybridized carbons (Fsp3) is 0. The molecular formula is C24H16N2O2S. The maximum atomic E-state index is 13.6. The molecule has 2 aromatic heterocycles. The quantitative estimate of drug-likeness (QED) is 0.382. The second-order valence-corrected chi connectivity index (χ2v) is 7.04. The third-order valence-electron chi connectivity index (χ3n) is 4.86. The molecular weight excluding hydrogens is 380 g/mol. The van der Waals surface area contributed by atoms with Crippen molar-refractivity contribution in [2.24, 2.45) is 0 Å². The molecule has 1 N–H and O–H groups in total. The van der Waals surface area contributed by atoms with Crippen molar-refractivity contribution in [1.29, 1.82) is 0 Å². The lowest BCUT2D eigenvalue weighted by Crippen LogP contribution is -2.20. The summed E-state index contributed by atoms with van der Waals surface area (Å²) in [4.78, 5) is 16.7. The van der Waals surface area contributed by atoms with E-state index in [1.807, 2.05) is 91.0 Å². The SMILES string of the molecule is O=c1c2c(-c3ccccc3)c(-c3ccccc3)oc2[nH]c(=S)n1-c1ccccc1. The Morgan fingerprint density at radius 2 is 1.31 bits per heavy atom. The summed E-state index contributed by atoms with van der Waals surface area (Å²) in [6.45, 7) is 0. The normalized spacial score (nSPS) is 11.0. The molecule has 0 saturated heterocycles. The summed E-state index contributed by atoms with van der Waals surface area (Å²) in [6.07, 6.45) is 0. The van der Waals surface area contributed by atoms with Gasteiger partial charge in [-0.15, -0.1) is 0 Å². The molecule has 4 nitrogen and oxygen atoms in total. The van der Waals surface area contributed by atoms with E-state index < -0.39 is 0 Å². The van der Waals surface area contributed by atoms with Crippen molar-refractivity contribution in [3.05, 3.63) is 106 Å². The third kappa shape index (κ3) is 2.92. The summed E-state index contributed by atoms with van der Waals surface area (Å²) in [5.41, 5.74) is 3.44. The van der Waals surface area contributed by atoms with E-state index in [0.717, 1.165) is 16.7 Å². The van der Waals surface area contributed by atoms with Crippen molar-refractivity contribution in [1.82, 2.24) is 9.55 Å². The van der Waals surface area contributed by atoms with Crippen LogP contribution in [-0.2, 0) is 0 Å². The Balaban J connectivity index is 1.93. The summed E-state index contributed by atoms with van der Waals surface area (Å²) < 4.78 is 7.96. The Bertz CT molecular complexity index is 1420. The molecule has 0 spiro atoms. The summed E-state index contributed by atoms with van der Waals surface area (Å²) in [5.74, 6) is 0.639. The lowest BCUT2D eigenvalue weighted by atomic mass is 10.00. The van der Waals surface area contributed by atoms with Gasteiger partial charge in [0.1, 0.15) is 11.1 Å². The van der Waals surface area contributed by atoms with E-state index in [4.69, 9.17) is 16.6 Å². The van der Waals surface area contributed by atoms with E-state index in [-0.39, 0.29) is 5.56 Å². The highest BCUT2D eigenvalue weighted by Crippen LogP contribution is 2.38. The van der Waals surface area contributed by atoms with Crippen LogP contribution < -0.4 is 5.56 Å². The van der Waals surface area contributed by atoms with Gasteiger partial charge in [0.05, 0.1) is 5.69 Å². The Morgan fingerprint density at radius 3 is 1.93 bits per heavy atom. The van der Waals surface area contributed by atoms with Gasteiger partial charge in [-0.2, -0.15) is 0 Å². The van der Waals surface area contributed by atoms with Crippen LogP contribution in [0.25, 0.3) is 39.2 Å². The van der Waals surface area contributed by atoms with Crippen LogP contribution in [0, 0.1) is 4.77 Å². The van der Waals surface area contributed by atoms with Crippen molar-refractivity contribution < 1.29 is 4.42 Å². The number of hydrogen-bond donors (Lipinski definition) is 1. The molecule has 0 unspecified atom stereocenters. The Hall–Kier alpha value is -3.70. The number of benzene rings is 3. The van der Waals surface area contributed by atoms with Gasteiger partial charge in [0.25, 0.3) is 5.56 Å². The van der Waals surface area contributed by atoms with Gasteiger partial charge in [0.2, 0.25) is 5.71 Å². The zero-order chi connectivity index (χ0) is 19.8. The number of nitrogens with zero attached hydrogens (tertiary/aromatic N) is 1.